The van der Waals surface area contributed by atoms with Crippen LogP contribution in [0.2, 0.25) is 0 Å². The van der Waals surface area contributed by atoms with Crippen molar-refractivity contribution < 1.29 is 94.4 Å². The van der Waals surface area contributed by atoms with Crippen LogP contribution in [-0.2, 0) is 33.2 Å². The molecule has 4 saturated carbocycles. The molecule has 64 heavy (non-hydrogen) atoms. The van der Waals surface area contributed by atoms with Crippen LogP contribution in [0.1, 0.15) is 92.4 Å². The molecule has 19 nitrogen and oxygen atoms in total. The summed E-state index contributed by atoms with van der Waals surface area (Å²) in [6.07, 6.45) is -16.4. The summed E-state index contributed by atoms with van der Waals surface area (Å²) in [6.45, 7) is 9.19. The van der Waals surface area contributed by atoms with E-state index in [4.69, 9.17) is 33.2 Å². The third kappa shape index (κ3) is 8.55. The minimum absolute atomic E-state index is 0.0563. The Hall–Kier alpha value is -0.760. The monoisotopic (exact) mass is 920 g/mol. The summed E-state index contributed by atoms with van der Waals surface area (Å²) >= 11 is 0. The summed E-state index contributed by atoms with van der Waals surface area (Å²) in [4.78, 5) is 0. The van der Waals surface area contributed by atoms with E-state index >= 15 is 0 Å². The van der Waals surface area contributed by atoms with Gasteiger partial charge in [-0.05, 0) is 105 Å². The number of hydrogen-bond donors (Lipinski definition) is 12. The van der Waals surface area contributed by atoms with Gasteiger partial charge in [-0.25, -0.2) is 0 Å². The van der Waals surface area contributed by atoms with Gasteiger partial charge in [0.15, 0.2) is 24.7 Å². The van der Waals surface area contributed by atoms with Crippen LogP contribution < -0.4 is 0 Å². The van der Waals surface area contributed by atoms with Crippen LogP contribution in [0.4, 0.5) is 0 Å². The molecule has 12 N–H and O–H groups in total. The Morgan fingerprint density at radius 3 is 2.00 bits per heavy atom. The molecule has 0 bridgehead atoms. The quantitative estimate of drug-likeness (QED) is 0.0964. The number of ether oxygens (including phenoxy) is 7. The molecule has 28 atom stereocenters. The van der Waals surface area contributed by atoms with Gasteiger partial charge in [-0.1, -0.05) is 27.7 Å². The molecule has 8 rings (SSSR count). The average Bonchev–Trinajstić information content (AvgIpc) is 3.70. The van der Waals surface area contributed by atoms with Crippen LogP contribution in [0.3, 0.4) is 0 Å². The van der Waals surface area contributed by atoms with Gasteiger partial charge in [0.05, 0.1) is 44.2 Å². The van der Waals surface area contributed by atoms with Gasteiger partial charge >= 0.3 is 0 Å². The van der Waals surface area contributed by atoms with Crippen molar-refractivity contribution in [1.29, 1.82) is 0 Å². The summed E-state index contributed by atoms with van der Waals surface area (Å²) in [5.41, 5.74) is -0.263. The predicted octanol–water partition coefficient (Wildman–Crippen LogP) is -1.78. The predicted molar refractivity (Wildman–Crippen MR) is 219 cm³/mol. The van der Waals surface area contributed by atoms with Gasteiger partial charge in [0.1, 0.15) is 67.1 Å². The van der Waals surface area contributed by atoms with Crippen molar-refractivity contribution in [3.8, 4) is 0 Å². The van der Waals surface area contributed by atoms with Gasteiger partial charge in [-0.3, -0.25) is 0 Å². The Balaban J connectivity index is 0.883. The maximum atomic E-state index is 12.1. The van der Waals surface area contributed by atoms with Crippen LogP contribution in [0.5, 0.6) is 0 Å². The minimum atomic E-state index is -1.70. The van der Waals surface area contributed by atoms with E-state index in [0.29, 0.717) is 43.4 Å². The summed E-state index contributed by atoms with van der Waals surface area (Å²) in [6, 6.07) is 0. The van der Waals surface area contributed by atoms with Crippen molar-refractivity contribution in [1.82, 2.24) is 0 Å². The number of fused-ring (bicyclic) bond motifs is 7. The Morgan fingerprint density at radius 1 is 0.672 bits per heavy atom. The fourth-order valence-corrected chi connectivity index (χ4v) is 14.1. The molecule has 4 saturated heterocycles. The van der Waals surface area contributed by atoms with Gasteiger partial charge in [0, 0.05) is 12.3 Å². The first-order valence-electron chi connectivity index (χ1n) is 23.8. The Morgan fingerprint density at radius 2 is 1.31 bits per heavy atom. The molecule has 8 fully saturated rings. The summed E-state index contributed by atoms with van der Waals surface area (Å²) in [5.74, 6) is -0.0681. The van der Waals surface area contributed by atoms with Crippen molar-refractivity contribution in [3.05, 3.63) is 0 Å². The maximum absolute atomic E-state index is 12.1. The average molecular weight is 921 g/mol. The van der Waals surface area contributed by atoms with Crippen molar-refractivity contribution in [3.63, 3.8) is 0 Å². The molecule has 0 amide bonds. The molecule has 0 spiro atoms. The normalized spacial score (nSPS) is 56.8. The second-order valence-electron chi connectivity index (χ2n) is 21.6. The van der Waals surface area contributed by atoms with Crippen molar-refractivity contribution in [2.24, 2.45) is 52.3 Å². The van der Waals surface area contributed by atoms with Crippen LogP contribution in [0.25, 0.3) is 0 Å². The van der Waals surface area contributed by atoms with Crippen LogP contribution in [0, 0.1) is 52.3 Å². The molecule has 370 valence electrons. The van der Waals surface area contributed by atoms with E-state index in [-0.39, 0.29) is 47.2 Å². The lowest BCUT2D eigenvalue weighted by Gasteiger charge is -2.62. The van der Waals surface area contributed by atoms with E-state index < -0.39 is 123 Å². The number of hydrogen-bond acceptors (Lipinski definition) is 19. The number of rotatable bonds is 12. The van der Waals surface area contributed by atoms with Crippen molar-refractivity contribution in [2.75, 3.05) is 19.8 Å². The first-order valence-corrected chi connectivity index (χ1v) is 23.8. The molecule has 4 aliphatic carbocycles. The van der Waals surface area contributed by atoms with Gasteiger partial charge in [0.25, 0.3) is 0 Å². The lowest BCUT2D eigenvalue weighted by molar-refractivity contribution is -0.374. The SMILES string of the molecule is C[C@@H](CC[C@@]1(O)O[C@@H]2C[C@@H]3[C@H]4CC[C@H]5C[C@@H](O[C@@H]6O[C@H](CO)[C@@H](O)[C@H](O)[C@H]6O[C@H]6O[C@@H](C)[C@H](O)[C@@H](O)[C@H]6O)[C@@H](O)C[C@]5(C)[C@@H]4CC[C@]3(C)[C@@H]2[C@H]1C)CO[C@@H]1O[C@H](CO)[C@@H](O)[C@H](O)[C@H]1O. The maximum Gasteiger partial charge on any atom is 0.187 e. The zero-order chi connectivity index (χ0) is 46.4. The van der Waals surface area contributed by atoms with E-state index in [9.17, 15) is 61.3 Å². The largest absolute Gasteiger partial charge is 0.394 e. The number of aliphatic hydroxyl groups excluding tert-OH is 11. The lowest BCUT2D eigenvalue weighted by atomic mass is 9.44. The minimum Gasteiger partial charge on any atom is -0.394 e. The highest BCUT2D eigenvalue weighted by atomic mass is 16.8. The molecular weight excluding hydrogens is 844 g/mol. The standard InChI is InChI=1S/C45H76O19/c1-18(17-58-40-37(55)35(53)32(50)28(15-46)61-40)8-11-45(57)19(2)30-27(64-45)13-24-22-7-6-21-12-26(25(48)14-44(21,5)23(22)9-10-43(24,30)4)60-42-39(36(54)33(51)29(16-47)62-42)63-41-38(56)34(52)31(49)20(3)59-41/h18-42,46-57H,6-17H2,1-5H3/t18-,19+,20-,21-,22-,23+,24+,25-,26+,27+,28+,29+,30+,31-,32+,33+,34+,35-,36-,37+,38+,39+,40+,41+,42+,43-,44-,45+/m0/s1. The molecule has 0 radical (unpaired) electrons. The molecule has 0 unspecified atom stereocenters. The Labute approximate surface area is 374 Å². The Bertz CT molecular complexity index is 1580. The third-order valence-electron chi connectivity index (χ3n) is 18.0. The van der Waals surface area contributed by atoms with Crippen molar-refractivity contribution >= 4 is 0 Å². The zero-order valence-electron chi connectivity index (χ0n) is 37.6. The second kappa shape index (κ2) is 18.9. The van der Waals surface area contributed by atoms with Crippen LogP contribution in [-0.4, -0.2) is 197 Å². The molecule has 0 aromatic heterocycles. The van der Waals surface area contributed by atoms with E-state index in [1.54, 1.807) is 0 Å². The van der Waals surface area contributed by atoms with Gasteiger partial charge in [-0.2, -0.15) is 0 Å². The van der Waals surface area contributed by atoms with Crippen LogP contribution >= 0.6 is 0 Å². The highest BCUT2D eigenvalue weighted by Crippen LogP contribution is 2.71. The molecule has 8 aliphatic rings. The number of aliphatic hydroxyl groups is 12. The highest BCUT2D eigenvalue weighted by molar-refractivity contribution is 5.15. The second-order valence-corrected chi connectivity index (χ2v) is 21.6. The van der Waals surface area contributed by atoms with Gasteiger partial charge < -0.3 is 94.4 Å². The summed E-state index contributed by atoms with van der Waals surface area (Å²) in [5, 5.41) is 127. The molecule has 4 heterocycles. The fraction of sp³-hybridized carbons (Fsp3) is 1.00. The molecular formula is C45H76O19. The first kappa shape index (κ1) is 49.7. The lowest BCUT2D eigenvalue weighted by Crippen LogP contribution is -2.65. The van der Waals surface area contributed by atoms with Gasteiger partial charge in [0.2, 0.25) is 0 Å². The van der Waals surface area contributed by atoms with Crippen molar-refractivity contribution in [2.45, 2.75) is 209 Å². The zero-order valence-corrected chi connectivity index (χ0v) is 37.6. The van der Waals surface area contributed by atoms with Crippen LogP contribution in [0.15, 0.2) is 0 Å². The summed E-state index contributed by atoms with van der Waals surface area (Å²) in [7, 11) is 0. The molecule has 19 heteroatoms. The Kier molecular flexibility index (Phi) is 14.6. The van der Waals surface area contributed by atoms with E-state index in [1.165, 1.54) is 6.92 Å². The topological polar surface area (TPSA) is 307 Å². The van der Waals surface area contributed by atoms with Gasteiger partial charge in [-0.15, -0.1) is 0 Å². The molecule has 0 aromatic carbocycles. The third-order valence-corrected chi connectivity index (χ3v) is 18.0. The summed E-state index contributed by atoms with van der Waals surface area (Å²) < 4.78 is 41.9. The highest BCUT2D eigenvalue weighted by Gasteiger charge is 2.69. The van der Waals surface area contributed by atoms with E-state index in [1.807, 2.05) is 6.92 Å². The fourth-order valence-electron chi connectivity index (χ4n) is 14.1. The molecule has 4 aliphatic heterocycles. The van der Waals surface area contributed by atoms with E-state index in [2.05, 4.69) is 20.8 Å². The first-order chi connectivity index (χ1) is 30.2. The van der Waals surface area contributed by atoms with E-state index in [0.717, 1.165) is 32.1 Å². The molecule has 0 aromatic rings. The smallest absolute Gasteiger partial charge is 0.187 e.